The number of ether oxygens (including phenoxy) is 1. The van der Waals surface area contributed by atoms with E-state index in [1.807, 2.05) is 25.1 Å². The summed E-state index contributed by atoms with van der Waals surface area (Å²) in [5, 5.41) is 6.94. The van der Waals surface area contributed by atoms with Crippen LogP contribution in [0.1, 0.15) is 34.8 Å². The van der Waals surface area contributed by atoms with Crippen LogP contribution in [0.3, 0.4) is 0 Å². The van der Waals surface area contributed by atoms with Crippen molar-refractivity contribution in [2.75, 3.05) is 18.5 Å². The molecule has 1 fully saturated rings. The van der Waals surface area contributed by atoms with Gasteiger partial charge >= 0.3 is 5.69 Å². The van der Waals surface area contributed by atoms with Crippen molar-refractivity contribution in [2.24, 2.45) is 7.05 Å². The first kappa shape index (κ1) is 20.2. The Hall–Kier alpha value is -3.72. The molecule has 3 aromatic heterocycles. The van der Waals surface area contributed by atoms with Crippen LogP contribution in [-0.4, -0.2) is 43.4 Å². The molecule has 0 saturated carbocycles. The van der Waals surface area contributed by atoms with E-state index in [9.17, 15) is 9.59 Å². The van der Waals surface area contributed by atoms with Gasteiger partial charge in [-0.05, 0) is 49.1 Å². The van der Waals surface area contributed by atoms with Gasteiger partial charge in [-0.25, -0.2) is 9.78 Å². The zero-order valence-corrected chi connectivity index (χ0v) is 18.0. The van der Waals surface area contributed by atoms with Gasteiger partial charge in [0.15, 0.2) is 5.65 Å². The summed E-state index contributed by atoms with van der Waals surface area (Å²) in [5.74, 6) is 0.398. The average molecular weight is 432 g/mol. The van der Waals surface area contributed by atoms with Crippen LogP contribution < -0.4 is 11.0 Å². The number of aryl methyl sites for hydroxylation is 2. The molecule has 1 aromatic carbocycles. The Bertz CT molecular complexity index is 1360. The second kappa shape index (κ2) is 8.08. The number of amides is 1. The number of nitrogens with zero attached hydrogens (tertiary/aromatic N) is 4. The fourth-order valence-corrected chi connectivity index (χ4v) is 4.20. The van der Waals surface area contributed by atoms with E-state index in [0.29, 0.717) is 35.8 Å². The van der Waals surface area contributed by atoms with Crippen molar-refractivity contribution in [3.05, 3.63) is 64.3 Å². The Morgan fingerprint density at radius 1 is 1.22 bits per heavy atom. The lowest BCUT2D eigenvalue weighted by Gasteiger charge is -2.22. The van der Waals surface area contributed by atoms with Crippen molar-refractivity contribution in [2.45, 2.75) is 25.8 Å². The highest BCUT2D eigenvalue weighted by Gasteiger charge is 2.21. The minimum Gasteiger partial charge on any atom is -0.381 e. The quantitative estimate of drug-likeness (QED) is 0.516. The van der Waals surface area contributed by atoms with Gasteiger partial charge in [-0.15, -0.1) is 0 Å². The summed E-state index contributed by atoms with van der Waals surface area (Å²) in [6.07, 6.45) is 4.98. The Kier molecular flexibility index (Phi) is 5.10. The maximum atomic E-state index is 12.8. The van der Waals surface area contributed by atoms with E-state index >= 15 is 0 Å². The lowest BCUT2D eigenvalue weighted by atomic mass is 9.99. The van der Waals surface area contributed by atoms with Crippen molar-refractivity contribution in [1.82, 2.24) is 24.3 Å². The molecule has 9 heteroatoms. The van der Waals surface area contributed by atoms with Gasteiger partial charge in [0, 0.05) is 49.7 Å². The molecule has 5 rings (SSSR count). The standard InChI is InChI=1S/C23H24N6O3/c1-14-3-4-15(22(30)27-20-5-8-25-28(20)2)11-18(14)16-12-19-21(24-13-16)29(23(31)26-19)17-6-9-32-10-7-17/h3-5,8,11-13,17H,6-7,9-10H2,1-2H3,(H,26,31)(H,27,30). The van der Waals surface area contributed by atoms with Gasteiger partial charge in [-0.2, -0.15) is 5.10 Å². The average Bonchev–Trinajstić information content (AvgIpc) is 3.35. The minimum atomic E-state index is -0.219. The van der Waals surface area contributed by atoms with E-state index in [4.69, 9.17) is 4.74 Å². The number of H-pyrrole nitrogens is 1. The molecule has 4 aromatic rings. The van der Waals surface area contributed by atoms with Crippen molar-refractivity contribution in [3.8, 4) is 11.1 Å². The third kappa shape index (κ3) is 3.60. The topological polar surface area (TPSA) is 107 Å². The third-order valence-corrected chi connectivity index (χ3v) is 5.98. The second-order valence-corrected chi connectivity index (χ2v) is 8.06. The van der Waals surface area contributed by atoms with E-state index in [1.54, 1.807) is 40.8 Å². The molecule has 0 bridgehead atoms. The van der Waals surface area contributed by atoms with Crippen LogP contribution in [0.5, 0.6) is 0 Å². The predicted molar refractivity (Wildman–Crippen MR) is 121 cm³/mol. The van der Waals surface area contributed by atoms with E-state index in [-0.39, 0.29) is 17.6 Å². The molecule has 0 spiro atoms. The summed E-state index contributed by atoms with van der Waals surface area (Å²) in [7, 11) is 1.77. The zero-order chi connectivity index (χ0) is 22.2. The first-order valence-electron chi connectivity index (χ1n) is 10.6. The number of aromatic nitrogens is 5. The smallest absolute Gasteiger partial charge is 0.327 e. The number of nitrogens with one attached hydrogen (secondary N) is 2. The van der Waals surface area contributed by atoms with E-state index in [1.165, 1.54) is 0 Å². The number of imidazole rings is 1. The first-order valence-corrected chi connectivity index (χ1v) is 10.6. The highest BCUT2D eigenvalue weighted by Crippen LogP contribution is 2.28. The van der Waals surface area contributed by atoms with Crippen molar-refractivity contribution < 1.29 is 9.53 Å². The summed E-state index contributed by atoms with van der Waals surface area (Å²) in [5.41, 5.74) is 4.44. The molecule has 9 nitrogen and oxygen atoms in total. The van der Waals surface area contributed by atoms with Gasteiger partial charge in [0.25, 0.3) is 5.91 Å². The minimum absolute atomic E-state index is 0.0871. The molecule has 0 radical (unpaired) electrons. The molecule has 2 N–H and O–H groups in total. The van der Waals surface area contributed by atoms with Gasteiger partial charge in [-0.3, -0.25) is 14.0 Å². The number of hydrogen-bond acceptors (Lipinski definition) is 5. The van der Waals surface area contributed by atoms with E-state index in [2.05, 4.69) is 20.4 Å². The molecule has 1 amide bonds. The van der Waals surface area contributed by atoms with Gasteiger partial charge < -0.3 is 15.0 Å². The Morgan fingerprint density at radius 2 is 2.03 bits per heavy atom. The maximum Gasteiger partial charge on any atom is 0.327 e. The number of hydrogen-bond donors (Lipinski definition) is 2. The Morgan fingerprint density at radius 3 is 2.78 bits per heavy atom. The number of benzene rings is 1. The van der Waals surface area contributed by atoms with Crippen LogP contribution >= 0.6 is 0 Å². The molecular formula is C23H24N6O3. The van der Waals surface area contributed by atoms with Crippen LogP contribution in [0.2, 0.25) is 0 Å². The van der Waals surface area contributed by atoms with Crippen molar-refractivity contribution >= 4 is 22.9 Å². The number of pyridine rings is 1. The SMILES string of the molecule is Cc1ccc(C(=O)Nc2ccnn2C)cc1-c1cnc2c(c1)[nH]c(=O)n2C1CCOCC1. The zero-order valence-electron chi connectivity index (χ0n) is 18.0. The van der Waals surface area contributed by atoms with Crippen LogP contribution in [0.15, 0.2) is 47.5 Å². The summed E-state index contributed by atoms with van der Waals surface area (Å²) in [6, 6.07) is 9.30. The largest absolute Gasteiger partial charge is 0.381 e. The molecule has 32 heavy (non-hydrogen) atoms. The van der Waals surface area contributed by atoms with Crippen molar-refractivity contribution in [1.29, 1.82) is 0 Å². The molecule has 4 heterocycles. The molecule has 0 unspecified atom stereocenters. The van der Waals surface area contributed by atoms with E-state index < -0.39 is 0 Å². The number of carbonyl (C=O) groups is 1. The number of carbonyl (C=O) groups excluding carboxylic acids is 1. The summed E-state index contributed by atoms with van der Waals surface area (Å²) in [4.78, 5) is 33.0. The fourth-order valence-electron chi connectivity index (χ4n) is 4.20. The monoisotopic (exact) mass is 432 g/mol. The summed E-state index contributed by atoms with van der Waals surface area (Å²) < 4.78 is 8.77. The third-order valence-electron chi connectivity index (χ3n) is 5.98. The number of aromatic amines is 1. The van der Waals surface area contributed by atoms with E-state index in [0.717, 1.165) is 29.5 Å². The Balaban J connectivity index is 1.49. The lowest BCUT2D eigenvalue weighted by molar-refractivity contribution is 0.0697. The Labute approximate surface area is 184 Å². The summed E-state index contributed by atoms with van der Waals surface area (Å²) >= 11 is 0. The van der Waals surface area contributed by atoms with Crippen LogP contribution in [0, 0.1) is 6.92 Å². The highest BCUT2D eigenvalue weighted by molar-refractivity contribution is 6.04. The fraction of sp³-hybridized carbons (Fsp3) is 0.304. The molecule has 0 atom stereocenters. The normalized spacial score (nSPS) is 14.7. The van der Waals surface area contributed by atoms with Crippen LogP contribution in [-0.2, 0) is 11.8 Å². The molecular weight excluding hydrogens is 408 g/mol. The molecule has 0 aliphatic carbocycles. The van der Waals surface area contributed by atoms with Gasteiger partial charge in [0.05, 0.1) is 11.7 Å². The first-order chi connectivity index (χ1) is 15.5. The summed E-state index contributed by atoms with van der Waals surface area (Å²) in [6.45, 7) is 3.28. The molecule has 164 valence electrons. The number of anilines is 1. The van der Waals surface area contributed by atoms with Gasteiger partial charge in [0.1, 0.15) is 5.82 Å². The van der Waals surface area contributed by atoms with Gasteiger partial charge in [-0.1, -0.05) is 6.07 Å². The van der Waals surface area contributed by atoms with Crippen LogP contribution in [0.4, 0.5) is 5.82 Å². The second-order valence-electron chi connectivity index (χ2n) is 8.06. The van der Waals surface area contributed by atoms with Crippen LogP contribution in [0.25, 0.3) is 22.3 Å². The number of fused-ring (bicyclic) bond motifs is 1. The van der Waals surface area contributed by atoms with Crippen molar-refractivity contribution in [3.63, 3.8) is 0 Å². The molecule has 1 aliphatic rings. The maximum absolute atomic E-state index is 12.8. The lowest BCUT2D eigenvalue weighted by Crippen LogP contribution is -2.27. The number of rotatable bonds is 4. The predicted octanol–water partition coefficient (Wildman–Crippen LogP) is 3.04. The highest BCUT2D eigenvalue weighted by atomic mass is 16.5. The van der Waals surface area contributed by atoms with Gasteiger partial charge in [0.2, 0.25) is 0 Å². The molecule has 1 aliphatic heterocycles. The molecule has 1 saturated heterocycles.